The summed E-state index contributed by atoms with van der Waals surface area (Å²) in [5.41, 5.74) is 6.42. The highest BCUT2D eigenvalue weighted by atomic mass is 32.1. The van der Waals surface area contributed by atoms with E-state index in [1.807, 2.05) is 22.2 Å². The van der Waals surface area contributed by atoms with Crippen molar-refractivity contribution in [2.24, 2.45) is 0 Å². The number of nitrogen functional groups attached to an aromatic ring is 1. The lowest BCUT2D eigenvalue weighted by Gasteiger charge is -1.93. The number of nitrogens with two attached hydrogens (primary N) is 1. The fourth-order valence-corrected chi connectivity index (χ4v) is 2.13. The van der Waals surface area contributed by atoms with Crippen LogP contribution in [0, 0.1) is 0 Å². The van der Waals surface area contributed by atoms with Crippen molar-refractivity contribution in [1.82, 2.24) is 24.4 Å². The molecule has 0 fully saturated rings. The first-order chi connectivity index (χ1) is 7.31. The van der Waals surface area contributed by atoms with E-state index in [4.69, 9.17) is 5.73 Å². The number of fused-ring (bicyclic) bond motifs is 1. The van der Waals surface area contributed by atoms with Crippen LogP contribution in [0.25, 0.3) is 4.96 Å². The van der Waals surface area contributed by atoms with Crippen molar-refractivity contribution in [3.05, 3.63) is 29.7 Å². The number of thiazole rings is 1. The third kappa shape index (κ3) is 1.46. The van der Waals surface area contributed by atoms with E-state index < -0.39 is 0 Å². The predicted octanol–water partition coefficient (Wildman–Crippen LogP) is 0.618. The largest absolute Gasteiger partial charge is 0.381 e. The number of hydrogen-bond acceptors (Lipinski definition) is 5. The van der Waals surface area contributed by atoms with E-state index in [9.17, 15) is 0 Å². The summed E-state index contributed by atoms with van der Waals surface area (Å²) in [5, 5.41) is 9.57. The van der Waals surface area contributed by atoms with Crippen molar-refractivity contribution in [3.63, 3.8) is 0 Å². The molecule has 0 aromatic carbocycles. The molecule has 0 bridgehead atoms. The molecule has 0 saturated heterocycles. The van der Waals surface area contributed by atoms with E-state index in [1.165, 1.54) is 0 Å². The quantitative estimate of drug-likeness (QED) is 0.687. The van der Waals surface area contributed by atoms with Gasteiger partial charge < -0.3 is 5.73 Å². The molecule has 15 heavy (non-hydrogen) atoms. The summed E-state index contributed by atoms with van der Waals surface area (Å²) in [5.74, 6) is 0.427. The minimum Gasteiger partial charge on any atom is -0.381 e. The van der Waals surface area contributed by atoms with Crippen LogP contribution in [0.5, 0.6) is 0 Å². The van der Waals surface area contributed by atoms with Gasteiger partial charge in [0.2, 0.25) is 0 Å². The van der Waals surface area contributed by atoms with Gasteiger partial charge in [-0.3, -0.25) is 4.40 Å². The third-order valence-electron chi connectivity index (χ3n) is 2.02. The van der Waals surface area contributed by atoms with E-state index in [2.05, 4.69) is 15.3 Å². The van der Waals surface area contributed by atoms with Crippen LogP contribution in [0.1, 0.15) is 5.69 Å². The molecule has 0 aliphatic rings. The van der Waals surface area contributed by atoms with Crippen LogP contribution in [-0.4, -0.2) is 24.4 Å². The maximum atomic E-state index is 5.47. The molecule has 0 radical (unpaired) electrons. The highest BCUT2D eigenvalue weighted by Gasteiger charge is 2.04. The van der Waals surface area contributed by atoms with Crippen LogP contribution in [0.15, 0.2) is 24.0 Å². The molecular weight excluding hydrogens is 212 g/mol. The van der Waals surface area contributed by atoms with Crippen molar-refractivity contribution in [2.45, 2.75) is 6.54 Å². The van der Waals surface area contributed by atoms with Crippen molar-refractivity contribution in [2.75, 3.05) is 5.73 Å². The summed E-state index contributed by atoms with van der Waals surface area (Å²) in [4.78, 5) is 5.41. The van der Waals surface area contributed by atoms with Gasteiger partial charge in [0.05, 0.1) is 18.4 Å². The Bertz CT molecular complexity index is 562. The Morgan fingerprint density at radius 3 is 3.07 bits per heavy atom. The van der Waals surface area contributed by atoms with Gasteiger partial charge in [0.25, 0.3) is 0 Å². The summed E-state index contributed by atoms with van der Waals surface area (Å²) in [6.07, 6.45) is 5.64. The normalized spacial score (nSPS) is 11.2. The summed E-state index contributed by atoms with van der Waals surface area (Å²) in [6, 6.07) is 0. The van der Waals surface area contributed by atoms with Crippen molar-refractivity contribution in [3.8, 4) is 0 Å². The van der Waals surface area contributed by atoms with Crippen molar-refractivity contribution in [1.29, 1.82) is 0 Å². The first kappa shape index (κ1) is 8.42. The molecule has 3 heterocycles. The molecule has 0 spiro atoms. The van der Waals surface area contributed by atoms with Gasteiger partial charge in [-0.25, -0.2) is 9.67 Å². The molecule has 3 aromatic rings. The highest BCUT2D eigenvalue weighted by molar-refractivity contribution is 7.15. The SMILES string of the molecule is Nc1cn(Cc2cn3ccsc3n2)nn1. The Balaban J connectivity index is 1.92. The van der Waals surface area contributed by atoms with Gasteiger partial charge >= 0.3 is 0 Å². The van der Waals surface area contributed by atoms with E-state index in [1.54, 1.807) is 22.2 Å². The van der Waals surface area contributed by atoms with Crippen LogP contribution < -0.4 is 5.73 Å². The number of anilines is 1. The molecular formula is C8H8N6S. The van der Waals surface area contributed by atoms with E-state index in [-0.39, 0.29) is 0 Å². The Morgan fingerprint density at radius 1 is 1.40 bits per heavy atom. The summed E-state index contributed by atoms with van der Waals surface area (Å²) in [7, 11) is 0. The lowest BCUT2D eigenvalue weighted by Crippen LogP contribution is -2.00. The molecule has 3 rings (SSSR count). The van der Waals surface area contributed by atoms with Crippen LogP contribution in [0.4, 0.5) is 5.82 Å². The lowest BCUT2D eigenvalue weighted by molar-refractivity contribution is 0.641. The molecule has 76 valence electrons. The zero-order valence-electron chi connectivity index (χ0n) is 7.74. The monoisotopic (exact) mass is 220 g/mol. The minimum absolute atomic E-state index is 0.427. The Morgan fingerprint density at radius 2 is 2.33 bits per heavy atom. The second-order valence-electron chi connectivity index (χ2n) is 3.17. The van der Waals surface area contributed by atoms with E-state index in [0.717, 1.165) is 10.7 Å². The third-order valence-corrected chi connectivity index (χ3v) is 2.79. The fraction of sp³-hybridized carbons (Fsp3) is 0.125. The second-order valence-corrected chi connectivity index (χ2v) is 4.04. The number of rotatable bonds is 2. The molecule has 3 aromatic heterocycles. The van der Waals surface area contributed by atoms with Gasteiger partial charge in [0.15, 0.2) is 10.8 Å². The van der Waals surface area contributed by atoms with Crippen LogP contribution in [0.2, 0.25) is 0 Å². The average molecular weight is 220 g/mol. The van der Waals surface area contributed by atoms with Crippen LogP contribution in [-0.2, 0) is 6.54 Å². The van der Waals surface area contributed by atoms with Gasteiger partial charge in [-0.2, -0.15) is 0 Å². The van der Waals surface area contributed by atoms with E-state index in [0.29, 0.717) is 12.4 Å². The Kier molecular flexibility index (Phi) is 1.72. The van der Waals surface area contributed by atoms with E-state index >= 15 is 0 Å². The average Bonchev–Trinajstić information content (AvgIpc) is 2.81. The first-order valence-corrected chi connectivity index (χ1v) is 5.26. The maximum absolute atomic E-state index is 5.47. The van der Waals surface area contributed by atoms with Gasteiger partial charge in [-0.05, 0) is 0 Å². The highest BCUT2D eigenvalue weighted by Crippen LogP contribution is 2.11. The topological polar surface area (TPSA) is 74.0 Å². The van der Waals surface area contributed by atoms with Crippen molar-refractivity contribution < 1.29 is 0 Å². The van der Waals surface area contributed by atoms with Crippen molar-refractivity contribution >= 4 is 22.1 Å². The zero-order valence-corrected chi connectivity index (χ0v) is 8.55. The summed E-state index contributed by atoms with van der Waals surface area (Å²) < 4.78 is 3.65. The lowest BCUT2D eigenvalue weighted by atomic mass is 10.5. The Labute approximate surface area is 89.0 Å². The molecule has 0 atom stereocenters. The minimum atomic E-state index is 0.427. The number of hydrogen-bond donors (Lipinski definition) is 1. The number of nitrogens with zero attached hydrogens (tertiary/aromatic N) is 5. The molecule has 0 saturated carbocycles. The molecule has 0 amide bonds. The van der Waals surface area contributed by atoms with Crippen LogP contribution in [0.3, 0.4) is 0 Å². The predicted molar refractivity (Wildman–Crippen MR) is 56.6 cm³/mol. The standard InChI is InChI=1S/C8H8N6S/c9-7-5-14(12-11-7)4-6-3-13-1-2-15-8(13)10-6/h1-3,5H,4,9H2. The molecule has 0 aliphatic carbocycles. The fourth-order valence-electron chi connectivity index (χ4n) is 1.41. The summed E-state index contributed by atoms with van der Waals surface area (Å²) >= 11 is 1.61. The Hall–Kier alpha value is -1.89. The zero-order chi connectivity index (χ0) is 10.3. The molecule has 7 heteroatoms. The number of imidazole rings is 1. The summed E-state index contributed by atoms with van der Waals surface area (Å²) in [6.45, 7) is 0.596. The second kappa shape index (κ2) is 3.06. The smallest absolute Gasteiger partial charge is 0.193 e. The van der Waals surface area contributed by atoms with Gasteiger partial charge in [0, 0.05) is 17.8 Å². The van der Waals surface area contributed by atoms with Crippen LogP contribution >= 0.6 is 11.3 Å². The first-order valence-electron chi connectivity index (χ1n) is 4.38. The van der Waals surface area contributed by atoms with Gasteiger partial charge in [-0.15, -0.1) is 16.4 Å². The molecule has 0 unspecified atom stereocenters. The molecule has 6 nitrogen and oxygen atoms in total. The van der Waals surface area contributed by atoms with Gasteiger partial charge in [-0.1, -0.05) is 5.21 Å². The molecule has 0 aliphatic heterocycles. The molecule has 2 N–H and O–H groups in total. The number of aromatic nitrogens is 5. The maximum Gasteiger partial charge on any atom is 0.193 e. The van der Waals surface area contributed by atoms with Gasteiger partial charge in [0.1, 0.15) is 0 Å².